The summed E-state index contributed by atoms with van der Waals surface area (Å²) in [6.45, 7) is 5.52. The summed E-state index contributed by atoms with van der Waals surface area (Å²) in [4.78, 5) is 8.10. The summed E-state index contributed by atoms with van der Waals surface area (Å²) in [5, 5.41) is 23.4. The Kier molecular flexibility index (Phi) is 4.33. The molecule has 120 valence electrons. The summed E-state index contributed by atoms with van der Waals surface area (Å²) < 4.78 is 5.39. The Labute approximate surface area is 129 Å². The van der Waals surface area contributed by atoms with Crippen molar-refractivity contribution < 1.29 is 19.8 Å². The zero-order valence-electron chi connectivity index (χ0n) is 12.7. The first-order chi connectivity index (χ1) is 10.6. The maximum Gasteiger partial charge on any atom is 0.180 e. The summed E-state index contributed by atoms with van der Waals surface area (Å²) in [7, 11) is 0. The van der Waals surface area contributed by atoms with E-state index in [0.717, 1.165) is 31.9 Å². The highest BCUT2D eigenvalue weighted by Crippen LogP contribution is 2.37. The number of oxime groups is 1. The lowest BCUT2D eigenvalue weighted by molar-refractivity contribution is -0.0661. The molecule has 2 atom stereocenters. The van der Waals surface area contributed by atoms with Crippen LogP contribution in [0.25, 0.3) is 0 Å². The topological polar surface area (TPSA) is 74.5 Å². The SMILES string of the molecule is CC(O)C1=NOC(CN2CCOCC2)(c2ccc(O)cc2)C1. The van der Waals surface area contributed by atoms with Crippen LogP contribution < -0.4 is 0 Å². The van der Waals surface area contributed by atoms with E-state index in [1.54, 1.807) is 19.1 Å². The number of rotatable bonds is 4. The molecule has 0 radical (unpaired) electrons. The van der Waals surface area contributed by atoms with Gasteiger partial charge in [-0.3, -0.25) is 4.90 Å². The van der Waals surface area contributed by atoms with Crippen LogP contribution in [0.15, 0.2) is 29.4 Å². The molecule has 1 aromatic carbocycles. The summed E-state index contributed by atoms with van der Waals surface area (Å²) in [6, 6.07) is 7.02. The number of aromatic hydroxyl groups is 1. The molecule has 1 aromatic rings. The Hall–Kier alpha value is -1.63. The highest BCUT2D eigenvalue weighted by molar-refractivity contribution is 5.89. The lowest BCUT2D eigenvalue weighted by atomic mass is 9.87. The third kappa shape index (κ3) is 3.09. The smallest absolute Gasteiger partial charge is 0.180 e. The van der Waals surface area contributed by atoms with Gasteiger partial charge in [-0.2, -0.15) is 0 Å². The third-order valence-electron chi connectivity index (χ3n) is 4.26. The Morgan fingerprint density at radius 3 is 2.55 bits per heavy atom. The van der Waals surface area contributed by atoms with Crippen molar-refractivity contribution in [1.82, 2.24) is 4.90 Å². The normalized spacial score (nSPS) is 27.3. The molecule has 6 heteroatoms. The fourth-order valence-electron chi connectivity index (χ4n) is 2.94. The molecule has 2 aliphatic rings. The van der Waals surface area contributed by atoms with Gasteiger partial charge < -0.3 is 19.8 Å². The second-order valence-electron chi connectivity index (χ2n) is 5.96. The Morgan fingerprint density at radius 1 is 1.27 bits per heavy atom. The second-order valence-corrected chi connectivity index (χ2v) is 5.96. The average molecular weight is 306 g/mol. The number of phenolic OH excluding ortho intramolecular Hbond substituents is 1. The van der Waals surface area contributed by atoms with Gasteiger partial charge in [0.1, 0.15) is 5.75 Å². The Morgan fingerprint density at radius 2 is 1.95 bits per heavy atom. The highest BCUT2D eigenvalue weighted by Gasteiger charge is 2.43. The average Bonchev–Trinajstić information content (AvgIpc) is 2.94. The van der Waals surface area contributed by atoms with E-state index in [-0.39, 0.29) is 5.75 Å². The number of nitrogens with zero attached hydrogens (tertiary/aromatic N) is 2. The van der Waals surface area contributed by atoms with Crippen LogP contribution in [-0.4, -0.2) is 59.8 Å². The summed E-state index contributed by atoms with van der Waals surface area (Å²) in [5.41, 5.74) is 0.995. The van der Waals surface area contributed by atoms with Gasteiger partial charge in [0.15, 0.2) is 5.60 Å². The molecule has 0 aromatic heterocycles. The molecule has 0 spiro atoms. The predicted octanol–water partition coefficient (Wildman–Crippen LogP) is 1.08. The molecule has 2 aliphatic heterocycles. The predicted molar refractivity (Wildman–Crippen MR) is 81.9 cm³/mol. The monoisotopic (exact) mass is 306 g/mol. The van der Waals surface area contributed by atoms with Crippen molar-refractivity contribution in [3.05, 3.63) is 29.8 Å². The number of phenols is 1. The first kappa shape index (κ1) is 15.3. The van der Waals surface area contributed by atoms with Crippen LogP contribution in [0.2, 0.25) is 0 Å². The molecule has 2 unspecified atom stereocenters. The molecule has 2 heterocycles. The van der Waals surface area contributed by atoms with Crippen molar-refractivity contribution in [2.75, 3.05) is 32.8 Å². The van der Waals surface area contributed by atoms with Crippen molar-refractivity contribution in [3.63, 3.8) is 0 Å². The van der Waals surface area contributed by atoms with E-state index in [2.05, 4.69) is 10.1 Å². The standard InChI is InChI=1S/C16H22N2O4/c1-12(19)15-10-16(22-17-15,11-18-6-8-21-9-7-18)13-2-4-14(20)5-3-13/h2-5,12,19-20H,6-11H2,1H3. The second kappa shape index (κ2) is 6.24. The molecule has 22 heavy (non-hydrogen) atoms. The van der Waals surface area contributed by atoms with Gasteiger partial charge in [0.25, 0.3) is 0 Å². The van der Waals surface area contributed by atoms with E-state index in [0.29, 0.717) is 18.7 Å². The number of hydrogen-bond acceptors (Lipinski definition) is 6. The van der Waals surface area contributed by atoms with Crippen LogP contribution in [0, 0.1) is 0 Å². The molecular formula is C16H22N2O4. The van der Waals surface area contributed by atoms with Gasteiger partial charge in [-0.1, -0.05) is 17.3 Å². The maximum absolute atomic E-state index is 9.80. The molecule has 0 saturated carbocycles. The van der Waals surface area contributed by atoms with Crippen molar-refractivity contribution in [1.29, 1.82) is 0 Å². The lowest BCUT2D eigenvalue weighted by Gasteiger charge is -2.35. The molecule has 6 nitrogen and oxygen atoms in total. The molecule has 2 N–H and O–H groups in total. The molecule has 1 fully saturated rings. The number of aliphatic hydroxyl groups excluding tert-OH is 1. The van der Waals surface area contributed by atoms with Crippen molar-refractivity contribution in [2.45, 2.75) is 25.0 Å². The number of hydrogen-bond donors (Lipinski definition) is 2. The number of ether oxygens (including phenoxy) is 1. The highest BCUT2D eigenvalue weighted by atomic mass is 16.7. The zero-order chi connectivity index (χ0) is 15.6. The van der Waals surface area contributed by atoms with Crippen LogP contribution in [0.1, 0.15) is 18.9 Å². The van der Waals surface area contributed by atoms with E-state index in [9.17, 15) is 10.2 Å². The Bertz CT molecular complexity index is 538. The molecular weight excluding hydrogens is 284 g/mol. The van der Waals surface area contributed by atoms with Crippen molar-refractivity contribution in [3.8, 4) is 5.75 Å². The van der Waals surface area contributed by atoms with Crippen LogP contribution in [0.3, 0.4) is 0 Å². The minimum Gasteiger partial charge on any atom is -0.508 e. The van der Waals surface area contributed by atoms with Gasteiger partial charge in [-0.15, -0.1) is 0 Å². The number of benzene rings is 1. The van der Waals surface area contributed by atoms with E-state index >= 15 is 0 Å². The van der Waals surface area contributed by atoms with Gasteiger partial charge in [0, 0.05) is 31.6 Å². The quantitative estimate of drug-likeness (QED) is 0.870. The lowest BCUT2D eigenvalue weighted by Crippen LogP contribution is -2.46. The fourth-order valence-corrected chi connectivity index (χ4v) is 2.94. The van der Waals surface area contributed by atoms with Crippen LogP contribution >= 0.6 is 0 Å². The van der Waals surface area contributed by atoms with Crippen LogP contribution in [0.5, 0.6) is 5.75 Å². The van der Waals surface area contributed by atoms with E-state index in [4.69, 9.17) is 9.57 Å². The van der Waals surface area contributed by atoms with E-state index in [1.807, 2.05) is 12.1 Å². The summed E-state index contributed by atoms with van der Waals surface area (Å²) >= 11 is 0. The largest absolute Gasteiger partial charge is 0.508 e. The van der Waals surface area contributed by atoms with Gasteiger partial charge in [0.05, 0.1) is 25.0 Å². The zero-order valence-corrected chi connectivity index (χ0v) is 12.7. The summed E-state index contributed by atoms with van der Waals surface area (Å²) in [6.07, 6.45) is -0.0732. The minimum absolute atomic E-state index is 0.222. The maximum atomic E-state index is 9.80. The van der Waals surface area contributed by atoms with Crippen molar-refractivity contribution in [2.24, 2.45) is 5.16 Å². The molecule has 0 aliphatic carbocycles. The minimum atomic E-state index is -0.622. The Balaban J connectivity index is 1.84. The number of morpholine rings is 1. The van der Waals surface area contributed by atoms with Gasteiger partial charge in [-0.25, -0.2) is 0 Å². The van der Waals surface area contributed by atoms with Gasteiger partial charge in [0.2, 0.25) is 0 Å². The van der Waals surface area contributed by atoms with Crippen LogP contribution in [0.4, 0.5) is 0 Å². The molecule has 1 saturated heterocycles. The van der Waals surface area contributed by atoms with E-state index in [1.165, 1.54) is 0 Å². The fraction of sp³-hybridized carbons (Fsp3) is 0.562. The first-order valence-corrected chi connectivity index (χ1v) is 7.62. The number of aliphatic hydroxyl groups is 1. The van der Waals surface area contributed by atoms with E-state index < -0.39 is 11.7 Å². The van der Waals surface area contributed by atoms with Gasteiger partial charge in [-0.05, 0) is 19.1 Å². The van der Waals surface area contributed by atoms with Crippen LogP contribution in [-0.2, 0) is 15.2 Å². The van der Waals surface area contributed by atoms with Gasteiger partial charge >= 0.3 is 0 Å². The van der Waals surface area contributed by atoms with Crippen molar-refractivity contribution >= 4 is 5.71 Å². The third-order valence-corrected chi connectivity index (χ3v) is 4.26. The molecule has 0 bridgehead atoms. The molecule has 0 amide bonds. The summed E-state index contributed by atoms with van der Waals surface area (Å²) in [5.74, 6) is 0.222. The first-order valence-electron chi connectivity index (χ1n) is 7.62. The molecule has 3 rings (SSSR count).